The lowest BCUT2D eigenvalue weighted by Crippen LogP contribution is -2.48. The van der Waals surface area contributed by atoms with Gasteiger partial charge in [-0.3, -0.25) is 4.79 Å². The van der Waals surface area contributed by atoms with Crippen LogP contribution in [0.15, 0.2) is 42.5 Å². The minimum atomic E-state index is -4.72. The maximum Gasteiger partial charge on any atom is 0.416 e. The minimum Gasteiger partial charge on any atom is -0.482 e. The SMILES string of the molecule is C[C@H]1Oc2ccccc2O[C@@H]1C(=O)NCc1ccc(F)cc1C(F)(F)F. The second-order valence-corrected chi connectivity index (χ2v) is 5.83. The van der Waals surface area contributed by atoms with Crippen molar-refractivity contribution in [2.75, 3.05) is 0 Å². The lowest BCUT2D eigenvalue weighted by atomic mass is 10.1. The largest absolute Gasteiger partial charge is 0.482 e. The average molecular weight is 369 g/mol. The highest BCUT2D eigenvalue weighted by molar-refractivity contribution is 5.82. The van der Waals surface area contributed by atoms with Crippen molar-refractivity contribution >= 4 is 5.91 Å². The van der Waals surface area contributed by atoms with E-state index in [1.165, 1.54) is 0 Å². The topological polar surface area (TPSA) is 47.6 Å². The number of amides is 1. The first kappa shape index (κ1) is 18.0. The number of hydrogen-bond donors (Lipinski definition) is 1. The van der Waals surface area contributed by atoms with Crippen LogP contribution < -0.4 is 14.8 Å². The summed E-state index contributed by atoms with van der Waals surface area (Å²) in [5, 5.41) is 2.40. The van der Waals surface area contributed by atoms with Gasteiger partial charge in [-0.25, -0.2) is 4.39 Å². The molecule has 1 aliphatic heterocycles. The number of hydrogen-bond acceptors (Lipinski definition) is 3. The molecule has 0 spiro atoms. The molecule has 0 radical (unpaired) electrons. The Bertz CT molecular complexity index is 822. The van der Waals surface area contributed by atoms with Crippen LogP contribution in [0.5, 0.6) is 11.5 Å². The third kappa shape index (κ3) is 3.74. The molecule has 1 N–H and O–H groups in total. The summed E-state index contributed by atoms with van der Waals surface area (Å²) in [6.07, 6.45) is -6.36. The van der Waals surface area contributed by atoms with E-state index in [1.54, 1.807) is 31.2 Å². The zero-order chi connectivity index (χ0) is 18.9. The van der Waals surface area contributed by atoms with Crippen LogP contribution in [0.2, 0.25) is 0 Å². The van der Waals surface area contributed by atoms with Crippen molar-refractivity contribution in [2.45, 2.75) is 31.9 Å². The normalized spacial score (nSPS) is 19.1. The first-order chi connectivity index (χ1) is 12.3. The van der Waals surface area contributed by atoms with Crippen molar-refractivity contribution in [1.82, 2.24) is 5.32 Å². The Morgan fingerprint density at radius 1 is 1.12 bits per heavy atom. The third-order valence-corrected chi connectivity index (χ3v) is 3.93. The molecule has 1 amide bonds. The minimum absolute atomic E-state index is 0.239. The Morgan fingerprint density at radius 2 is 1.77 bits per heavy atom. The molecule has 8 heteroatoms. The number of benzene rings is 2. The number of rotatable bonds is 3. The smallest absolute Gasteiger partial charge is 0.416 e. The molecule has 2 aromatic rings. The molecule has 0 unspecified atom stereocenters. The van der Waals surface area contributed by atoms with Crippen molar-refractivity contribution in [1.29, 1.82) is 0 Å². The highest BCUT2D eigenvalue weighted by Crippen LogP contribution is 2.34. The molecule has 0 aliphatic carbocycles. The zero-order valence-electron chi connectivity index (χ0n) is 13.6. The molecule has 0 saturated heterocycles. The number of carbonyl (C=O) groups excluding carboxylic acids is 1. The quantitative estimate of drug-likeness (QED) is 0.840. The number of alkyl halides is 3. The summed E-state index contributed by atoms with van der Waals surface area (Å²) in [7, 11) is 0. The average Bonchev–Trinajstić information content (AvgIpc) is 2.59. The number of carbonyl (C=O) groups is 1. The van der Waals surface area contributed by atoms with E-state index in [2.05, 4.69) is 5.32 Å². The van der Waals surface area contributed by atoms with Crippen molar-refractivity contribution in [2.24, 2.45) is 0 Å². The summed E-state index contributed by atoms with van der Waals surface area (Å²) >= 11 is 0. The van der Waals surface area contributed by atoms with Crippen LogP contribution in [-0.2, 0) is 17.5 Å². The van der Waals surface area contributed by atoms with E-state index < -0.39 is 42.2 Å². The highest BCUT2D eigenvalue weighted by Gasteiger charge is 2.36. The van der Waals surface area contributed by atoms with E-state index >= 15 is 0 Å². The van der Waals surface area contributed by atoms with Gasteiger partial charge in [-0.2, -0.15) is 13.2 Å². The van der Waals surface area contributed by atoms with Gasteiger partial charge < -0.3 is 14.8 Å². The van der Waals surface area contributed by atoms with Crippen molar-refractivity contribution in [3.05, 3.63) is 59.4 Å². The molecule has 0 fully saturated rings. The van der Waals surface area contributed by atoms with Gasteiger partial charge >= 0.3 is 6.18 Å². The first-order valence-electron chi connectivity index (χ1n) is 7.81. The van der Waals surface area contributed by atoms with E-state index in [9.17, 15) is 22.4 Å². The fourth-order valence-electron chi connectivity index (χ4n) is 2.66. The lowest BCUT2D eigenvalue weighted by molar-refractivity contribution is -0.139. The molecule has 138 valence electrons. The molecule has 2 atom stereocenters. The second kappa shape index (κ2) is 6.86. The van der Waals surface area contributed by atoms with Crippen LogP contribution in [0.1, 0.15) is 18.1 Å². The molecular weight excluding hydrogens is 354 g/mol. The van der Waals surface area contributed by atoms with Crippen LogP contribution in [-0.4, -0.2) is 18.1 Å². The molecule has 0 saturated carbocycles. The fourth-order valence-corrected chi connectivity index (χ4v) is 2.66. The van der Waals surface area contributed by atoms with E-state index in [0.29, 0.717) is 17.6 Å². The van der Waals surface area contributed by atoms with Crippen LogP contribution in [0, 0.1) is 5.82 Å². The van der Waals surface area contributed by atoms with Crippen LogP contribution in [0.3, 0.4) is 0 Å². The van der Waals surface area contributed by atoms with Gasteiger partial charge in [-0.05, 0) is 36.8 Å². The predicted molar refractivity (Wildman–Crippen MR) is 84.2 cm³/mol. The summed E-state index contributed by atoms with van der Waals surface area (Å²) < 4.78 is 63.4. The van der Waals surface area contributed by atoms with Gasteiger partial charge in [-0.1, -0.05) is 18.2 Å². The summed E-state index contributed by atoms with van der Waals surface area (Å²) in [5.74, 6) is -0.753. The molecular formula is C18H15F4NO3. The lowest BCUT2D eigenvalue weighted by Gasteiger charge is -2.31. The van der Waals surface area contributed by atoms with Crippen molar-refractivity contribution in [3.63, 3.8) is 0 Å². The Hall–Kier alpha value is -2.77. The van der Waals surface area contributed by atoms with Gasteiger partial charge in [0.1, 0.15) is 11.9 Å². The summed E-state index contributed by atoms with van der Waals surface area (Å²) in [5.41, 5.74) is -1.37. The third-order valence-electron chi connectivity index (χ3n) is 3.93. The van der Waals surface area contributed by atoms with Gasteiger partial charge in [0.05, 0.1) is 5.56 Å². The van der Waals surface area contributed by atoms with Gasteiger partial charge in [-0.15, -0.1) is 0 Å². The Kier molecular flexibility index (Phi) is 4.76. The molecule has 4 nitrogen and oxygen atoms in total. The predicted octanol–water partition coefficient (Wildman–Crippen LogP) is 3.69. The van der Waals surface area contributed by atoms with Crippen LogP contribution in [0.4, 0.5) is 17.6 Å². The first-order valence-corrected chi connectivity index (χ1v) is 7.81. The Labute approximate surface area is 146 Å². The van der Waals surface area contributed by atoms with Gasteiger partial charge in [0.15, 0.2) is 11.5 Å². The van der Waals surface area contributed by atoms with Crippen molar-refractivity contribution < 1.29 is 31.8 Å². The molecule has 1 aliphatic rings. The fraction of sp³-hybridized carbons (Fsp3) is 0.278. The number of para-hydroxylation sites is 2. The number of halogens is 4. The molecule has 26 heavy (non-hydrogen) atoms. The van der Waals surface area contributed by atoms with E-state index in [-0.39, 0.29) is 5.56 Å². The Morgan fingerprint density at radius 3 is 2.42 bits per heavy atom. The highest BCUT2D eigenvalue weighted by atomic mass is 19.4. The molecule has 0 aromatic heterocycles. The molecule has 0 bridgehead atoms. The van der Waals surface area contributed by atoms with Crippen LogP contribution in [0.25, 0.3) is 0 Å². The number of ether oxygens (including phenoxy) is 2. The summed E-state index contributed by atoms with van der Waals surface area (Å²) in [6.45, 7) is 1.21. The maximum absolute atomic E-state index is 13.1. The summed E-state index contributed by atoms with van der Waals surface area (Å²) in [4.78, 5) is 12.3. The van der Waals surface area contributed by atoms with Gasteiger partial charge in [0.2, 0.25) is 6.10 Å². The maximum atomic E-state index is 13.1. The Balaban J connectivity index is 1.72. The molecule has 1 heterocycles. The number of nitrogens with one attached hydrogen (secondary N) is 1. The summed E-state index contributed by atoms with van der Waals surface area (Å²) in [6, 6.07) is 9.09. The second-order valence-electron chi connectivity index (χ2n) is 5.83. The van der Waals surface area contributed by atoms with Crippen molar-refractivity contribution in [3.8, 4) is 11.5 Å². The van der Waals surface area contributed by atoms with E-state index in [0.717, 1.165) is 12.1 Å². The van der Waals surface area contributed by atoms with Crippen LogP contribution >= 0.6 is 0 Å². The van der Waals surface area contributed by atoms with Gasteiger partial charge in [0.25, 0.3) is 5.91 Å². The zero-order valence-corrected chi connectivity index (χ0v) is 13.6. The van der Waals surface area contributed by atoms with Gasteiger partial charge in [0, 0.05) is 6.54 Å². The molecule has 2 aromatic carbocycles. The molecule has 3 rings (SSSR count). The van der Waals surface area contributed by atoms with E-state index in [1.807, 2.05) is 0 Å². The van der Waals surface area contributed by atoms with E-state index in [4.69, 9.17) is 9.47 Å². The standard InChI is InChI=1S/C18H15F4NO3/c1-10-16(26-15-5-3-2-4-14(15)25-10)17(24)23-9-11-6-7-12(19)8-13(11)18(20,21)22/h2-8,10,16H,9H2,1H3,(H,23,24)/t10-,16+/m1/s1. The number of fused-ring (bicyclic) bond motifs is 1. The monoisotopic (exact) mass is 369 g/mol.